The third-order valence-corrected chi connectivity index (χ3v) is 6.57. The second-order valence-corrected chi connectivity index (χ2v) is 9.03. The summed E-state index contributed by atoms with van der Waals surface area (Å²) in [6, 6.07) is 9.32. The van der Waals surface area contributed by atoms with Crippen molar-refractivity contribution in [1.29, 1.82) is 0 Å². The number of nitrogens with one attached hydrogen (secondary N) is 3. The van der Waals surface area contributed by atoms with Crippen molar-refractivity contribution >= 4 is 17.3 Å². The zero-order chi connectivity index (χ0) is 24.9. The van der Waals surface area contributed by atoms with E-state index in [2.05, 4.69) is 31.1 Å². The molecule has 1 aromatic carbocycles. The fourth-order valence-corrected chi connectivity index (χ4v) is 4.72. The fourth-order valence-electron chi connectivity index (χ4n) is 4.72. The van der Waals surface area contributed by atoms with Gasteiger partial charge in [0.05, 0.1) is 12.4 Å². The SMILES string of the molecule is O=C(Nc1cccc(-c2nncn2C2CC2)c1)c1cc(N2CNC3=C2CCNC3C(F)(F)F)ccn1. The van der Waals surface area contributed by atoms with Gasteiger partial charge in [0.15, 0.2) is 5.82 Å². The fraction of sp³-hybridized carbons (Fsp3) is 0.333. The number of anilines is 2. The average molecular weight is 496 g/mol. The maximum absolute atomic E-state index is 13.4. The molecular weight excluding hydrogens is 473 g/mol. The third-order valence-electron chi connectivity index (χ3n) is 6.57. The van der Waals surface area contributed by atoms with Crippen LogP contribution in [-0.4, -0.2) is 51.1 Å². The van der Waals surface area contributed by atoms with Crippen LogP contribution in [-0.2, 0) is 0 Å². The smallest absolute Gasteiger partial charge is 0.368 e. The van der Waals surface area contributed by atoms with E-state index < -0.39 is 18.1 Å². The molecule has 1 saturated carbocycles. The van der Waals surface area contributed by atoms with Gasteiger partial charge >= 0.3 is 6.18 Å². The molecule has 2 aliphatic heterocycles. The van der Waals surface area contributed by atoms with E-state index in [4.69, 9.17) is 0 Å². The van der Waals surface area contributed by atoms with Crippen LogP contribution >= 0.6 is 0 Å². The van der Waals surface area contributed by atoms with E-state index in [1.165, 1.54) is 6.20 Å². The second kappa shape index (κ2) is 8.63. The van der Waals surface area contributed by atoms with E-state index in [1.807, 2.05) is 22.8 Å². The Balaban J connectivity index is 1.22. The number of rotatable bonds is 5. The van der Waals surface area contributed by atoms with Crippen molar-refractivity contribution in [2.24, 2.45) is 0 Å². The largest absolute Gasteiger partial charge is 0.409 e. The summed E-state index contributed by atoms with van der Waals surface area (Å²) in [5.41, 5.74) is 2.88. The van der Waals surface area contributed by atoms with Crippen LogP contribution in [0.25, 0.3) is 11.4 Å². The molecule has 4 heterocycles. The van der Waals surface area contributed by atoms with Gasteiger partial charge in [-0.2, -0.15) is 13.2 Å². The lowest BCUT2D eigenvalue weighted by Gasteiger charge is -2.29. The minimum atomic E-state index is -4.40. The van der Waals surface area contributed by atoms with Crippen LogP contribution in [0.5, 0.6) is 0 Å². The number of nitrogens with zero attached hydrogens (tertiary/aromatic N) is 5. The molecule has 0 bridgehead atoms. The summed E-state index contributed by atoms with van der Waals surface area (Å²) < 4.78 is 42.4. The van der Waals surface area contributed by atoms with Crippen molar-refractivity contribution in [2.45, 2.75) is 37.5 Å². The Labute approximate surface area is 204 Å². The highest BCUT2D eigenvalue weighted by Crippen LogP contribution is 2.38. The molecule has 6 rings (SSSR count). The number of alkyl halides is 3. The van der Waals surface area contributed by atoms with E-state index in [9.17, 15) is 18.0 Å². The Bertz CT molecular complexity index is 1350. The number of carbonyl (C=O) groups is 1. The normalized spacial score (nSPS) is 19.8. The lowest BCUT2D eigenvalue weighted by Crippen LogP contribution is -2.49. The summed E-state index contributed by atoms with van der Waals surface area (Å²) in [4.78, 5) is 19.0. The Morgan fingerprint density at radius 3 is 2.83 bits per heavy atom. The summed E-state index contributed by atoms with van der Waals surface area (Å²) in [7, 11) is 0. The van der Waals surface area contributed by atoms with Gasteiger partial charge in [0, 0.05) is 47.8 Å². The van der Waals surface area contributed by atoms with Gasteiger partial charge in [-0.1, -0.05) is 12.1 Å². The van der Waals surface area contributed by atoms with E-state index in [-0.39, 0.29) is 24.6 Å². The number of aromatic nitrogens is 4. The summed E-state index contributed by atoms with van der Waals surface area (Å²) in [6.45, 7) is 0.401. The van der Waals surface area contributed by atoms with Gasteiger partial charge in [-0.15, -0.1) is 10.2 Å². The number of halogens is 3. The van der Waals surface area contributed by atoms with Gasteiger partial charge in [-0.05, 0) is 37.1 Å². The van der Waals surface area contributed by atoms with Crippen LogP contribution in [0.1, 0.15) is 35.8 Å². The highest BCUT2D eigenvalue weighted by atomic mass is 19.4. The Morgan fingerprint density at radius 1 is 1.17 bits per heavy atom. The number of benzene rings is 1. The zero-order valence-corrected chi connectivity index (χ0v) is 19.1. The van der Waals surface area contributed by atoms with Gasteiger partial charge in [-0.3, -0.25) is 9.78 Å². The van der Waals surface area contributed by atoms with Crippen molar-refractivity contribution in [2.75, 3.05) is 23.4 Å². The highest BCUT2D eigenvalue weighted by molar-refractivity contribution is 6.03. The number of amides is 1. The molecule has 2 aromatic heterocycles. The van der Waals surface area contributed by atoms with Gasteiger partial charge in [-0.25, -0.2) is 0 Å². The molecule has 1 atom stereocenters. The molecule has 9 nitrogen and oxygen atoms in total. The molecule has 12 heteroatoms. The van der Waals surface area contributed by atoms with Gasteiger partial charge in [0.2, 0.25) is 0 Å². The molecule has 0 saturated heterocycles. The van der Waals surface area contributed by atoms with E-state index in [0.717, 1.165) is 24.2 Å². The molecule has 0 radical (unpaired) electrons. The molecule has 3 aliphatic rings. The molecule has 186 valence electrons. The van der Waals surface area contributed by atoms with Crippen molar-refractivity contribution < 1.29 is 18.0 Å². The van der Waals surface area contributed by atoms with E-state index in [1.54, 1.807) is 29.4 Å². The maximum Gasteiger partial charge on any atom is 0.409 e. The first-order valence-corrected chi connectivity index (χ1v) is 11.7. The van der Waals surface area contributed by atoms with Crippen molar-refractivity contribution in [3.8, 4) is 11.4 Å². The quantitative estimate of drug-likeness (QED) is 0.498. The van der Waals surface area contributed by atoms with Crippen molar-refractivity contribution in [3.63, 3.8) is 0 Å². The Morgan fingerprint density at radius 2 is 2.03 bits per heavy atom. The van der Waals surface area contributed by atoms with Crippen LogP contribution in [0.4, 0.5) is 24.5 Å². The second-order valence-electron chi connectivity index (χ2n) is 9.03. The number of pyridine rings is 1. The predicted octanol–water partition coefficient (Wildman–Crippen LogP) is 3.43. The molecule has 1 fully saturated rings. The summed E-state index contributed by atoms with van der Waals surface area (Å²) in [6.07, 6.45) is 1.45. The highest BCUT2D eigenvalue weighted by Gasteiger charge is 2.47. The molecule has 1 unspecified atom stereocenters. The first kappa shape index (κ1) is 22.5. The lowest BCUT2D eigenvalue weighted by molar-refractivity contribution is -0.148. The van der Waals surface area contributed by atoms with Gasteiger partial charge < -0.3 is 25.4 Å². The first-order valence-electron chi connectivity index (χ1n) is 11.7. The summed E-state index contributed by atoms with van der Waals surface area (Å²) in [5, 5.41) is 16.5. The third kappa shape index (κ3) is 4.17. The molecule has 0 spiro atoms. The minimum Gasteiger partial charge on any atom is -0.368 e. The molecule has 1 amide bonds. The predicted molar refractivity (Wildman–Crippen MR) is 126 cm³/mol. The summed E-state index contributed by atoms with van der Waals surface area (Å²) >= 11 is 0. The van der Waals surface area contributed by atoms with E-state index >= 15 is 0 Å². The molecule has 3 N–H and O–H groups in total. The lowest BCUT2D eigenvalue weighted by atomic mass is 10.1. The van der Waals surface area contributed by atoms with Gasteiger partial charge in [0.25, 0.3) is 5.91 Å². The first-order chi connectivity index (χ1) is 17.4. The Hall–Kier alpha value is -3.93. The maximum atomic E-state index is 13.4. The van der Waals surface area contributed by atoms with Crippen LogP contribution in [0.3, 0.4) is 0 Å². The topological polar surface area (TPSA) is 100 Å². The van der Waals surface area contributed by atoms with Crippen molar-refractivity contribution in [1.82, 2.24) is 30.4 Å². The van der Waals surface area contributed by atoms with Crippen LogP contribution in [0.15, 0.2) is 60.3 Å². The zero-order valence-electron chi connectivity index (χ0n) is 19.1. The summed E-state index contributed by atoms with van der Waals surface area (Å²) in [5.74, 6) is 0.330. The van der Waals surface area contributed by atoms with E-state index in [0.29, 0.717) is 29.5 Å². The molecular formula is C24H23F3N8O. The van der Waals surface area contributed by atoms with Crippen molar-refractivity contribution in [3.05, 3.63) is 66.0 Å². The number of carbonyl (C=O) groups excluding carboxylic acids is 1. The number of hydrogen-bond acceptors (Lipinski definition) is 7. The average Bonchev–Trinajstić information content (AvgIpc) is 3.43. The molecule has 36 heavy (non-hydrogen) atoms. The molecule has 1 aliphatic carbocycles. The standard InChI is InChI=1S/C24H23F3N8O/c25-24(26,27)21-20-19(7-9-29-21)34(12-30-20)17-6-8-28-18(11-17)23(36)32-15-3-1-2-14(10-15)22-33-31-13-35(22)16-4-5-16/h1-3,6,8,10-11,13,16,21,29-30H,4-5,7,9,12H2,(H,32,36). The van der Waals surface area contributed by atoms with Crippen LogP contribution in [0, 0.1) is 0 Å². The Kier molecular flexibility index (Phi) is 5.40. The van der Waals surface area contributed by atoms with Gasteiger partial charge in [0.1, 0.15) is 18.1 Å². The van der Waals surface area contributed by atoms with Crippen LogP contribution in [0.2, 0.25) is 0 Å². The molecule has 3 aromatic rings. The number of hydrogen-bond donors (Lipinski definition) is 3. The monoisotopic (exact) mass is 496 g/mol. The van der Waals surface area contributed by atoms with Crippen LogP contribution < -0.4 is 20.9 Å². The minimum absolute atomic E-state index is 0.132.